The fourth-order valence-electron chi connectivity index (χ4n) is 2.60. The summed E-state index contributed by atoms with van der Waals surface area (Å²) in [6.07, 6.45) is 1.63. The Morgan fingerprint density at radius 2 is 1.96 bits per heavy atom. The van der Waals surface area contributed by atoms with Gasteiger partial charge in [0.1, 0.15) is 0 Å². The maximum Gasteiger partial charge on any atom is 0.283 e. The van der Waals surface area contributed by atoms with Crippen molar-refractivity contribution in [2.75, 3.05) is 11.9 Å². The minimum Gasteiger partial charge on any atom is -0.349 e. The summed E-state index contributed by atoms with van der Waals surface area (Å²) in [6.45, 7) is 3.99. The molecule has 0 atom stereocenters. The van der Waals surface area contributed by atoms with Crippen molar-refractivity contribution >= 4 is 43.9 Å². The molecule has 134 valence electrons. The molecule has 0 aliphatic heterocycles. The van der Waals surface area contributed by atoms with Gasteiger partial charge in [0, 0.05) is 17.8 Å². The molecule has 27 heavy (non-hydrogen) atoms. The number of amides is 1. The van der Waals surface area contributed by atoms with Crippen molar-refractivity contribution in [2.45, 2.75) is 0 Å². The predicted octanol–water partition coefficient (Wildman–Crippen LogP) is 2.96. The van der Waals surface area contributed by atoms with Gasteiger partial charge in [-0.3, -0.25) is 9.59 Å². The summed E-state index contributed by atoms with van der Waals surface area (Å²) in [5.41, 5.74) is 1.75. The standard InChI is InChI=1S/C19H15N5O2S/c1-2-11-20-16(25)12-7-9-13(10-8-12)21-18-23-24-17(26)14-5-3-4-6-15(14)22-19(24)27-18/h2-10H,1,11H2,(H,20,25)(H,21,23). The molecule has 0 radical (unpaired) electrons. The third-order valence-electron chi connectivity index (χ3n) is 3.91. The van der Waals surface area contributed by atoms with Gasteiger partial charge < -0.3 is 10.6 Å². The Balaban J connectivity index is 1.61. The van der Waals surface area contributed by atoms with Crippen LogP contribution in [0.1, 0.15) is 10.4 Å². The number of para-hydroxylation sites is 1. The van der Waals surface area contributed by atoms with Crippen molar-refractivity contribution in [1.82, 2.24) is 19.9 Å². The van der Waals surface area contributed by atoms with Crippen LogP contribution in [-0.4, -0.2) is 27.0 Å². The van der Waals surface area contributed by atoms with Crippen molar-refractivity contribution in [3.8, 4) is 0 Å². The molecule has 0 spiro atoms. The van der Waals surface area contributed by atoms with E-state index in [-0.39, 0.29) is 11.5 Å². The second-order valence-electron chi connectivity index (χ2n) is 5.74. The van der Waals surface area contributed by atoms with Crippen LogP contribution in [0.2, 0.25) is 0 Å². The van der Waals surface area contributed by atoms with Crippen molar-refractivity contribution in [3.63, 3.8) is 0 Å². The SMILES string of the molecule is C=CCNC(=O)c1ccc(Nc2nn3c(=O)c4ccccc4nc3s2)cc1. The summed E-state index contributed by atoms with van der Waals surface area (Å²) in [5.74, 6) is -0.163. The first-order valence-corrected chi connectivity index (χ1v) is 9.02. The number of nitrogens with zero attached hydrogens (tertiary/aromatic N) is 3. The zero-order valence-electron chi connectivity index (χ0n) is 14.2. The molecule has 7 nitrogen and oxygen atoms in total. The van der Waals surface area contributed by atoms with Crippen LogP contribution in [0.15, 0.2) is 66.0 Å². The fourth-order valence-corrected chi connectivity index (χ4v) is 3.42. The van der Waals surface area contributed by atoms with E-state index in [4.69, 9.17) is 0 Å². The minimum absolute atomic E-state index is 0.163. The number of hydrogen-bond donors (Lipinski definition) is 2. The largest absolute Gasteiger partial charge is 0.349 e. The van der Waals surface area contributed by atoms with Gasteiger partial charge in [-0.25, -0.2) is 4.98 Å². The number of rotatable bonds is 5. The van der Waals surface area contributed by atoms with Gasteiger partial charge in [0.05, 0.1) is 10.9 Å². The van der Waals surface area contributed by atoms with Crippen LogP contribution in [0.4, 0.5) is 10.8 Å². The third kappa shape index (κ3) is 3.30. The van der Waals surface area contributed by atoms with Crippen LogP contribution in [0, 0.1) is 0 Å². The molecular weight excluding hydrogens is 362 g/mol. The van der Waals surface area contributed by atoms with Gasteiger partial charge in [0.2, 0.25) is 10.1 Å². The predicted molar refractivity (Wildman–Crippen MR) is 107 cm³/mol. The lowest BCUT2D eigenvalue weighted by Crippen LogP contribution is -2.22. The van der Waals surface area contributed by atoms with Gasteiger partial charge in [0.15, 0.2) is 0 Å². The van der Waals surface area contributed by atoms with Gasteiger partial charge in [-0.1, -0.05) is 29.5 Å². The first-order chi connectivity index (χ1) is 13.2. The topological polar surface area (TPSA) is 88.4 Å². The number of carbonyl (C=O) groups excluding carboxylic acids is 1. The zero-order valence-corrected chi connectivity index (χ0v) is 15.0. The van der Waals surface area contributed by atoms with E-state index in [9.17, 15) is 9.59 Å². The molecule has 0 aliphatic rings. The van der Waals surface area contributed by atoms with Crippen LogP contribution in [0.25, 0.3) is 15.9 Å². The molecule has 2 N–H and O–H groups in total. The minimum atomic E-state index is -0.200. The number of benzene rings is 2. The van der Waals surface area contributed by atoms with E-state index in [0.29, 0.717) is 33.1 Å². The molecule has 0 saturated heterocycles. The number of hydrogen-bond acceptors (Lipinski definition) is 6. The Morgan fingerprint density at radius 1 is 1.19 bits per heavy atom. The van der Waals surface area contributed by atoms with Crippen LogP contribution in [0.5, 0.6) is 0 Å². The number of nitrogens with one attached hydrogen (secondary N) is 2. The summed E-state index contributed by atoms with van der Waals surface area (Å²) < 4.78 is 1.30. The number of fused-ring (bicyclic) bond motifs is 2. The molecule has 1 amide bonds. The molecule has 8 heteroatoms. The number of aromatic nitrogens is 3. The van der Waals surface area contributed by atoms with Crippen molar-refractivity contribution in [2.24, 2.45) is 0 Å². The highest BCUT2D eigenvalue weighted by atomic mass is 32.1. The summed E-state index contributed by atoms with van der Waals surface area (Å²) in [7, 11) is 0. The highest BCUT2D eigenvalue weighted by Gasteiger charge is 2.11. The molecular formula is C19H15N5O2S. The van der Waals surface area contributed by atoms with E-state index in [1.807, 2.05) is 6.07 Å². The van der Waals surface area contributed by atoms with E-state index < -0.39 is 0 Å². The molecule has 2 aromatic carbocycles. The first kappa shape index (κ1) is 16.9. The Morgan fingerprint density at radius 3 is 2.74 bits per heavy atom. The Labute approximate surface area is 158 Å². The summed E-state index contributed by atoms with van der Waals surface area (Å²) in [5, 5.41) is 11.3. The van der Waals surface area contributed by atoms with Crippen LogP contribution in [-0.2, 0) is 0 Å². The summed E-state index contributed by atoms with van der Waals surface area (Å²) in [6, 6.07) is 14.2. The molecule has 2 aromatic heterocycles. The van der Waals surface area contributed by atoms with Gasteiger partial charge >= 0.3 is 0 Å². The van der Waals surface area contributed by atoms with E-state index >= 15 is 0 Å². The lowest BCUT2D eigenvalue weighted by Gasteiger charge is -2.05. The second kappa shape index (κ2) is 7.00. The highest BCUT2D eigenvalue weighted by molar-refractivity contribution is 7.20. The average molecular weight is 377 g/mol. The van der Waals surface area contributed by atoms with Crippen LogP contribution in [0.3, 0.4) is 0 Å². The lowest BCUT2D eigenvalue weighted by molar-refractivity contribution is 0.0958. The molecule has 0 saturated carbocycles. The average Bonchev–Trinajstić information content (AvgIpc) is 3.09. The second-order valence-corrected chi connectivity index (χ2v) is 6.69. The van der Waals surface area contributed by atoms with E-state index in [1.54, 1.807) is 48.5 Å². The van der Waals surface area contributed by atoms with Gasteiger partial charge in [0.25, 0.3) is 11.5 Å². The maximum atomic E-state index is 12.5. The van der Waals surface area contributed by atoms with Crippen molar-refractivity contribution in [1.29, 1.82) is 0 Å². The van der Waals surface area contributed by atoms with Crippen molar-refractivity contribution in [3.05, 3.63) is 77.1 Å². The molecule has 2 heterocycles. The van der Waals surface area contributed by atoms with E-state index in [0.717, 1.165) is 5.69 Å². The van der Waals surface area contributed by atoms with Crippen LogP contribution < -0.4 is 16.2 Å². The molecule has 0 unspecified atom stereocenters. The molecule has 4 rings (SSSR count). The third-order valence-corrected chi connectivity index (χ3v) is 4.73. The molecule has 0 aliphatic carbocycles. The smallest absolute Gasteiger partial charge is 0.283 e. The first-order valence-electron chi connectivity index (χ1n) is 8.20. The van der Waals surface area contributed by atoms with E-state index in [2.05, 4.69) is 27.3 Å². The summed E-state index contributed by atoms with van der Waals surface area (Å²) in [4.78, 5) is 29.5. The van der Waals surface area contributed by atoms with Gasteiger partial charge in [-0.2, -0.15) is 4.52 Å². The number of anilines is 2. The van der Waals surface area contributed by atoms with E-state index in [1.165, 1.54) is 15.9 Å². The molecule has 4 aromatic rings. The zero-order chi connectivity index (χ0) is 18.8. The quantitative estimate of drug-likeness (QED) is 0.522. The Bertz CT molecular complexity index is 1210. The number of carbonyl (C=O) groups is 1. The Hall–Kier alpha value is -3.52. The Kier molecular flexibility index (Phi) is 4.39. The summed E-state index contributed by atoms with van der Waals surface area (Å²) >= 11 is 1.28. The molecule has 0 fully saturated rings. The maximum absolute atomic E-state index is 12.5. The monoisotopic (exact) mass is 377 g/mol. The molecule has 0 bridgehead atoms. The van der Waals surface area contributed by atoms with Crippen molar-refractivity contribution < 1.29 is 4.79 Å². The fraction of sp³-hybridized carbons (Fsp3) is 0.0526. The van der Waals surface area contributed by atoms with Gasteiger partial charge in [-0.05, 0) is 36.4 Å². The lowest BCUT2D eigenvalue weighted by atomic mass is 10.2. The normalized spacial score (nSPS) is 10.8. The van der Waals surface area contributed by atoms with Crippen LogP contribution >= 0.6 is 11.3 Å². The van der Waals surface area contributed by atoms with Gasteiger partial charge in [-0.15, -0.1) is 11.7 Å². The highest BCUT2D eigenvalue weighted by Crippen LogP contribution is 2.23.